The summed E-state index contributed by atoms with van der Waals surface area (Å²) in [5, 5.41) is 14.0. The van der Waals surface area contributed by atoms with Crippen molar-refractivity contribution in [3.63, 3.8) is 0 Å². The van der Waals surface area contributed by atoms with Gasteiger partial charge in [0.05, 0.1) is 11.8 Å². The van der Waals surface area contributed by atoms with Crippen molar-refractivity contribution in [2.75, 3.05) is 12.3 Å². The van der Waals surface area contributed by atoms with Crippen LogP contribution >= 0.6 is 8.25 Å². The Kier molecular flexibility index (Phi) is 4.92. The number of anilines is 1. The molecular weight excluding hydrogens is 381 g/mol. The van der Waals surface area contributed by atoms with Crippen LogP contribution in [0.25, 0.3) is 5.52 Å². The Morgan fingerprint density at radius 1 is 1.36 bits per heavy atom. The lowest BCUT2D eigenvalue weighted by Crippen LogP contribution is -2.28. The Labute approximate surface area is 161 Å². The van der Waals surface area contributed by atoms with Crippen molar-refractivity contribution in [2.45, 2.75) is 24.5 Å². The highest BCUT2D eigenvalue weighted by Crippen LogP contribution is 2.40. The fourth-order valence-electron chi connectivity index (χ4n) is 3.21. The van der Waals surface area contributed by atoms with Gasteiger partial charge in [0, 0.05) is 4.57 Å². The van der Waals surface area contributed by atoms with Crippen LogP contribution in [-0.4, -0.2) is 27.3 Å². The molecule has 28 heavy (non-hydrogen) atoms. The van der Waals surface area contributed by atoms with Crippen LogP contribution in [0.4, 0.5) is 5.82 Å². The Morgan fingerprint density at radius 3 is 2.96 bits per heavy atom. The Bertz CT molecular complexity index is 1050. The summed E-state index contributed by atoms with van der Waals surface area (Å²) in [5.41, 5.74) is 5.86. The zero-order valence-electron chi connectivity index (χ0n) is 14.8. The molecule has 0 saturated carbocycles. The van der Waals surface area contributed by atoms with E-state index in [1.807, 2.05) is 6.07 Å². The highest BCUT2D eigenvalue weighted by Gasteiger charge is 2.45. The predicted octanol–water partition coefficient (Wildman–Crippen LogP) is 2.96. The van der Waals surface area contributed by atoms with E-state index in [2.05, 4.69) is 16.2 Å². The molecule has 0 spiro atoms. The molecule has 1 aromatic carbocycles. The van der Waals surface area contributed by atoms with Crippen molar-refractivity contribution < 1.29 is 18.3 Å². The van der Waals surface area contributed by atoms with Gasteiger partial charge in [-0.3, -0.25) is 0 Å². The van der Waals surface area contributed by atoms with Gasteiger partial charge in [0.25, 0.3) is 0 Å². The number of fused-ring (bicyclic) bond motifs is 1. The molecule has 1 fully saturated rings. The molecule has 0 radical (unpaired) electrons. The summed E-state index contributed by atoms with van der Waals surface area (Å²) in [5.74, 6) is 0.779. The predicted molar refractivity (Wildman–Crippen MR) is 99.4 cm³/mol. The van der Waals surface area contributed by atoms with Gasteiger partial charge < -0.3 is 10.5 Å². The summed E-state index contributed by atoms with van der Waals surface area (Å²) in [4.78, 5) is 3.95. The van der Waals surface area contributed by atoms with Gasteiger partial charge in [-0.05, 0) is 37.1 Å². The number of hydrogen-bond donors (Lipinski definition) is 1. The Hall–Kier alpha value is -3.05. The number of nitriles is 1. The maximum Gasteiger partial charge on any atom is 0.750 e. The third-order valence-corrected chi connectivity index (χ3v) is 5.27. The second-order valence-corrected chi connectivity index (χ2v) is 7.19. The lowest BCUT2D eigenvalue weighted by molar-refractivity contribution is -0.0280. The van der Waals surface area contributed by atoms with Crippen LogP contribution in [0.2, 0.25) is 0 Å². The molecule has 10 heteroatoms. The fourth-order valence-corrected chi connectivity index (χ4v) is 3.84. The van der Waals surface area contributed by atoms with Crippen LogP contribution < -0.4 is 10.3 Å². The van der Waals surface area contributed by atoms with Gasteiger partial charge in [-0.2, -0.15) is 10.4 Å². The van der Waals surface area contributed by atoms with Gasteiger partial charge in [-0.25, -0.2) is 14.0 Å². The van der Waals surface area contributed by atoms with Gasteiger partial charge in [0.2, 0.25) is 0 Å². The molecule has 3 heterocycles. The number of nitrogens with zero attached hydrogens (tertiary/aromatic N) is 4. The van der Waals surface area contributed by atoms with Crippen molar-refractivity contribution in [2.24, 2.45) is 0 Å². The minimum absolute atomic E-state index is 0.0475. The number of hydrogen-bond acceptors (Lipinski definition) is 8. The normalized spacial score (nSPS) is 22.1. The van der Waals surface area contributed by atoms with Crippen molar-refractivity contribution in [3.8, 4) is 11.8 Å². The van der Waals surface area contributed by atoms with E-state index in [1.54, 1.807) is 40.9 Å². The van der Waals surface area contributed by atoms with E-state index in [4.69, 9.17) is 19.5 Å². The highest BCUT2D eigenvalue weighted by molar-refractivity contribution is 7.33. The van der Waals surface area contributed by atoms with Crippen molar-refractivity contribution in [1.29, 1.82) is 5.26 Å². The Balaban J connectivity index is 1.44. The summed E-state index contributed by atoms with van der Waals surface area (Å²) in [6.45, 7) is 0.0475. The third kappa shape index (κ3) is 3.41. The first-order chi connectivity index (χ1) is 13.6. The zero-order chi connectivity index (χ0) is 19.6. The maximum atomic E-state index is 12.0. The molecule has 3 unspecified atom stereocenters. The van der Waals surface area contributed by atoms with E-state index >= 15 is 0 Å². The van der Waals surface area contributed by atoms with Crippen molar-refractivity contribution in [1.82, 2.24) is 14.6 Å². The van der Waals surface area contributed by atoms with Crippen molar-refractivity contribution >= 4 is 19.6 Å². The van der Waals surface area contributed by atoms with Crippen molar-refractivity contribution in [3.05, 3.63) is 54.5 Å². The third-order valence-electron chi connectivity index (χ3n) is 4.55. The van der Waals surface area contributed by atoms with Crippen LogP contribution in [0.15, 0.2) is 48.8 Å². The molecule has 2 N–H and O–H groups in total. The topological polar surface area (TPSA) is 125 Å². The molecule has 2 aromatic heterocycles. The van der Waals surface area contributed by atoms with Crippen LogP contribution in [0, 0.1) is 11.3 Å². The summed E-state index contributed by atoms with van der Waals surface area (Å²) >= 11 is 0. The molecule has 1 saturated heterocycles. The minimum atomic E-state index is -2.34. The van der Waals surface area contributed by atoms with E-state index in [0.717, 1.165) is 0 Å². The number of rotatable bonds is 6. The largest absolute Gasteiger partial charge is 0.750 e. The van der Waals surface area contributed by atoms with Crippen LogP contribution in [-0.2, 0) is 19.4 Å². The fraction of sp³-hybridized carbons (Fsp3) is 0.278. The van der Waals surface area contributed by atoms with Gasteiger partial charge in [0.15, 0.2) is 17.2 Å². The monoisotopic (exact) mass is 398 g/mol. The maximum absolute atomic E-state index is 12.0. The summed E-state index contributed by atoms with van der Waals surface area (Å²) in [6.07, 6.45) is 1.94. The number of nitrogen functional groups attached to an aromatic ring is 1. The molecular formula is C18H17N5O4P+. The first-order valence-electron chi connectivity index (χ1n) is 8.62. The molecule has 3 aromatic rings. The SMILES string of the molecule is N#CC1(c2ccc3c(N)ncnn23)CCC(CO[P+](=O)Oc2ccccc2)O1. The van der Waals surface area contributed by atoms with E-state index < -0.39 is 20.0 Å². The highest BCUT2D eigenvalue weighted by atomic mass is 31.1. The number of para-hydroxylation sites is 1. The molecule has 0 aliphatic carbocycles. The molecule has 1 aliphatic heterocycles. The first kappa shape index (κ1) is 18.3. The van der Waals surface area contributed by atoms with Gasteiger partial charge in [-0.15, -0.1) is 4.52 Å². The number of ether oxygens (including phenoxy) is 1. The first-order valence-corrected chi connectivity index (χ1v) is 9.72. The molecule has 0 amide bonds. The Morgan fingerprint density at radius 2 is 2.18 bits per heavy atom. The van der Waals surface area contributed by atoms with E-state index in [-0.39, 0.29) is 6.61 Å². The average Bonchev–Trinajstić information content (AvgIpc) is 3.33. The van der Waals surface area contributed by atoms with Gasteiger partial charge >= 0.3 is 8.25 Å². The average molecular weight is 398 g/mol. The van der Waals surface area contributed by atoms with Gasteiger partial charge in [0.1, 0.15) is 24.5 Å². The second-order valence-electron chi connectivity index (χ2n) is 6.30. The summed E-state index contributed by atoms with van der Waals surface area (Å²) < 4.78 is 30.1. The van der Waals surface area contributed by atoms with E-state index in [9.17, 15) is 9.83 Å². The molecule has 1 aliphatic rings. The number of aromatic nitrogens is 3. The molecule has 3 atom stereocenters. The smallest absolute Gasteiger partial charge is 0.382 e. The second kappa shape index (κ2) is 7.52. The van der Waals surface area contributed by atoms with E-state index in [0.29, 0.717) is 35.6 Å². The van der Waals surface area contributed by atoms with Crippen LogP contribution in [0.1, 0.15) is 18.5 Å². The molecule has 142 valence electrons. The zero-order valence-corrected chi connectivity index (χ0v) is 15.7. The lowest BCUT2D eigenvalue weighted by Gasteiger charge is -2.21. The number of nitrogens with two attached hydrogens (primary N) is 1. The molecule has 4 rings (SSSR count). The quantitative estimate of drug-likeness (QED) is 0.628. The summed E-state index contributed by atoms with van der Waals surface area (Å²) in [7, 11) is -2.34. The minimum Gasteiger partial charge on any atom is -0.382 e. The lowest BCUT2D eigenvalue weighted by atomic mass is 9.98. The van der Waals surface area contributed by atoms with E-state index in [1.165, 1.54) is 6.33 Å². The van der Waals surface area contributed by atoms with Crippen LogP contribution in [0.3, 0.4) is 0 Å². The summed E-state index contributed by atoms with van der Waals surface area (Å²) in [6, 6.07) is 14.5. The standard InChI is InChI=1S/C18H17N5O4P/c19-11-18(16-7-6-15-17(20)21-12-22-23(15)16)9-8-14(26-18)10-25-28(24)27-13-4-2-1-3-5-13/h1-7,12,14H,8-10H2,(H2,20,21,22)/q+1. The molecule has 0 bridgehead atoms. The molecule has 9 nitrogen and oxygen atoms in total. The van der Waals surface area contributed by atoms with Crippen LogP contribution in [0.5, 0.6) is 5.75 Å². The number of benzene rings is 1. The van der Waals surface area contributed by atoms with Gasteiger partial charge in [-0.1, -0.05) is 18.2 Å².